The topological polar surface area (TPSA) is 86.3 Å². The van der Waals surface area contributed by atoms with Crippen molar-refractivity contribution in [3.63, 3.8) is 0 Å². The SMILES string of the molecule is Cc1cc(C)cc(NS(=O)(=O)c2cc(C(=O)[O-])ccc2Cl)c1. The standard InChI is InChI=1S/C15H14ClNO4S/c1-9-5-10(2)7-12(6-9)17-22(20,21)14-8-11(15(18)19)3-4-13(14)16/h3-8,17H,1-2H3,(H,18,19)/p-1. The van der Waals surface area contributed by atoms with Gasteiger partial charge in [-0.1, -0.05) is 23.7 Å². The summed E-state index contributed by atoms with van der Waals surface area (Å²) in [4.78, 5) is 10.6. The Bertz CT molecular complexity index is 826. The lowest BCUT2D eigenvalue weighted by Crippen LogP contribution is -2.23. The zero-order valence-corrected chi connectivity index (χ0v) is 13.5. The second kappa shape index (κ2) is 5.98. The summed E-state index contributed by atoms with van der Waals surface area (Å²) in [5, 5.41) is 10.8. The van der Waals surface area contributed by atoms with Crippen LogP contribution in [-0.4, -0.2) is 14.4 Å². The Morgan fingerprint density at radius 3 is 2.23 bits per heavy atom. The molecule has 0 atom stereocenters. The number of hydrogen-bond acceptors (Lipinski definition) is 4. The van der Waals surface area contributed by atoms with Gasteiger partial charge in [0.05, 0.1) is 11.0 Å². The number of carboxylic acids is 1. The molecular weight excluding hydrogens is 326 g/mol. The minimum Gasteiger partial charge on any atom is -0.545 e. The summed E-state index contributed by atoms with van der Waals surface area (Å²) < 4.78 is 27.2. The Labute approximate surface area is 133 Å². The van der Waals surface area contributed by atoms with Gasteiger partial charge in [0.2, 0.25) is 0 Å². The zero-order chi connectivity index (χ0) is 16.5. The highest BCUT2D eigenvalue weighted by molar-refractivity contribution is 7.92. The van der Waals surface area contributed by atoms with Gasteiger partial charge in [0.1, 0.15) is 4.90 Å². The molecule has 0 bridgehead atoms. The van der Waals surface area contributed by atoms with Crippen LogP contribution in [0.15, 0.2) is 41.3 Å². The Balaban J connectivity index is 2.46. The molecule has 0 aliphatic carbocycles. The van der Waals surface area contributed by atoms with E-state index in [1.807, 2.05) is 19.9 Å². The molecule has 0 unspecified atom stereocenters. The molecule has 0 radical (unpaired) electrons. The number of carboxylic acid groups (broad SMARTS) is 1. The number of carbonyl (C=O) groups is 1. The van der Waals surface area contributed by atoms with Gasteiger partial charge in [-0.05, 0) is 54.8 Å². The molecule has 2 aromatic rings. The molecule has 0 saturated heterocycles. The van der Waals surface area contributed by atoms with Crippen LogP contribution in [0.2, 0.25) is 5.02 Å². The van der Waals surface area contributed by atoms with Gasteiger partial charge >= 0.3 is 0 Å². The van der Waals surface area contributed by atoms with E-state index in [2.05, 4.69) is 4.72 Å². The lowest BCUT2D eigenvalue weighted by Gasteiger charge is -2.12. The number of aromatic carboxylic acids is 1. The second-order valence-corrected chi connectivity index (χ2v) is 6.97. The van der Waals surface area contributed by atoms with E-state index in [0.717, 1.165) is 17.2 Å². The van der Waals surface area contributed by atoms with Crippen LogP contribution in [0, 0.1) is 13.8 Å². The van der Waals surface area contributed by atoms with Crippen LogP contribution in [0.5, 0.6) is 0 Å². The van der Waals surface area contributed by atoms with Gasteiger partial charge in [-0.25, -0.2) is 8.42 Å². The fourth-order valence-electron chi connectivity index (χ4n) is 2.08. The third-order valence-corrected chi connectivity index (χ3v) is 4.79. The van der Waals surface area contributed by atoms with Crippen molar-refractivity contribution in [2.45, 2.75) is 18.7 Å². The number of sulfonamides is 1. The summed E-state index contributed by atoms with van der Waals surface area (Å²) in [5.74, 6) is -1.47. The molecule has 2 rings (SSSR count). The molecule has 0 aliphatic heterocycles. The molecule has 0 aliphatic rings. The molecule has 1 N–H and O–H groups in total. The van der Waals surface area contributed by atoms with Gasteiger partial charge in [-0.15, -0.1) is 0 Å². The minimum atomic E-state index is -4.01. The lowest BCUT2D eigenvalue weighted by molar-refractivity contribution is -0.255. The molecule has 0 saturated carbocycles. The Hall–Kier alpha value is -2.05. The fraction of sp³-hybridized carbons (Fsp3) is 0.133. The van der Waals surface area contributed by atoms with Crippen molar-refractivity contribution in [3.8, 4) is 0 Å². The Kier molecular flexibility index (Phi) is 4.44. The Morgan fingerprint density at radius 1 is 1.09 bits per heavy atom. The van der Waals surface area contributed by atoms with Crippen molar-refractivity contribution in [2.75, 3.05) is 4.72 Å². The molecule has 0 spiro atoms. The number of carbonyl (C=O) groups excluding carboxylic acids is 1. The van der Waals surface area contributed by atoms with Gasteiger partial charge in [-0.3, -0.25) is 4.72 Å². The summed E-state index contributed by atoms with van der Waals surface area (Å²) in [6, 6.07) is 8.61. The Morgan fingerprint density at radius 2 is 1.68 bits per heavy atom. The van der Waals surface area contributed by atoms with Crippen molar-refractivity contribution in [1.82, 2.24) is 0 Å². The summed E-state index contributed by atoms with van der Waals surface area (Å²) in [5.41, 5.74) is 1.91. The third-order valence-electron chi connectivity index (χ3n) is 2.93. The summed E-state index contributed by atoms with van der Waals surface area (Å²) in [7, 11) is -4.01. The largest absolute Gasteiger partial charge is 0.545 e. The highest BCUT2D eigenvalue weighted by Crippen LogP contribution is 2.25. The maximum absolute atomic E-state index is 12.4. The van der Waals surface area contributed by atoms with E-state index in [4.69, 9.17) is 11.6 Å². The monoisotopic (exact) mass is 338 g/mol. The van der Waals surface area contributed by atoms with E-state index in [1.54, 1.807) is 12.1 Å². The number of aryl methyl sites for hydroxylation is 2. The number of hydrogen-bond donors (Lipinski definition) is 1. The lowest BCUT2D eigenvalue weighted by atomic mass is 10.1. The fourth-order valence-corrected chi connectivity index (χ4v) is 3.65. The van der Waals surface area contributed by atoms with Crippen LogP contribution in [-0.2, 0) is 10.0 Å². The first-order valence-corrected chi connectivity index (χ1v) is 8.17. The first-order valence-electron chi connectivity index (χ1n) is 6.31. The molecular formula is C15H13ClNO4S-. The van der Waals surface area contributed by atoms with Gasteiger partial charge in [0, 0.05) is 5.69 Å². The molecule has 2 aromatic carbocycles. The van der Waals surface area contributed by atoms with E-state index in [9.17, 15) is 18.3 Å². The number of rotatable bonds is 4. The van der Waals surface area contributed by atoms with Crippen molar-refractivity contribution >= 4 is 33.3 Å². The zero-order valence-electron chi connectivity index (χ0n) is 11.9. The second-order valence-electron chi connectivity index (χ2n) is 4.91. The van der Waals surface area contributed by atoms with E-state index in [0.29, 0.717) is 5.69 Å². The number of halogens is 1. The van der Waals surface area contributed by atoms with Crippen molar-refractivity contribution in [1.29, 1.82) is 0 Å². The van der Waals surface area contributed by atoms with Crippen LogP contribution in [0.4, 0.5) is 5.69 Å². The number of anilines is 1. The van der Waals surface area contributed by atoms with Crippen LogP contribution in [0.3, 0.4) is 0 Å². The third kappa shape index (κ3) is 3.58. The first kappa shape index (κ1) is 16.3. The maximum Gasteiger partial charge on any atom is 0.263 e. The average Bonchev–Trinajstić information content (AvgIpc) is 2.36. The molecule has 0 fully saturated rings. The van der Waals surface area contributed by atoms with Gasteiger partial charge in [0.25, 0.3) is 10.0 Å². The predicted molar refractivity (Wildman–Crippen MR) is 82.5 cm³/mol. The van der Waals surface area contributed by atoms with Gasteiger partial charge in [0.15, 0.2) is 0 Å². The van der Waals surface area contributed by atoms with Crippen LogP contribution in [0.25, 0.3) is 0 Å². The smallest absolute Gasteiger partial charge is 0.263 e. The molecule has 22 heavy (non-hydrogen) atoms. The first-order chi connectivity index (χ1) is 10.2. The van der Waals surface area contributed by atoms with Crippen molar-refractivity contribution < 1.29 is 18.3 Å². The molecule has 0 amide bonds. The minimum absolute atomic E-state index is 0.0677. The number of benzene rings is 2. The van der Waals surface area contributed by atoms with Crippen LogP contribution < -0.4 is 9.83 Å². The van der Waals surface area contributed by atoms with E-state index in [-0.39, 0.29) is 15.5 Å². The maximum atomic E-state index is 12.4. The van der Waals surface area contributed by atoms with Gasteiger partial charge < -0.3 is 9.90 Å². The van der Waals surface area contributed by atoms with E-state index >= 15 is 0 Å². The highest BCUT2D eigenvalue weighted by atomic mass is 35.5. The van der Waals surface area contributed by atoms with E-state index in [1.165, 1.54) is 12.1 Å². The van der Waals surface area contributed by atoms with Crippen molar-refractivity contribution in [3.05, 3.63) is 58.1 Å². The molecule has 0 aromatic heterocycles. The van der Waals surface area contributed by atoms with Crippen LogP contribution >= 0.6 is 11.6 Å². The number of nitrogens with one attached hydrogen (secondary N) is 1. The normalized spacial score (nSPS) is 11.2. The van der Waals surface area contributed by atoms with Crippen LogP contribution in [0.1, 0.15) is 21.5 Å². The highest BCUT2D eigenvalue weighted by Gasteiger charge is 2.19. The van der Waals surface area contributed by atoms with E-state index < -0.39 is 16.0 Å². The predicted octanol–water partition coefficient (Wildman–Crippen LogP) is 2.12. The summed E-state index contributed by atoms with van der Waals surface area (Å²) in [6.45, 7) is 3.68. The molecule has 5 nitrogen and oxygen atoms in total. The molecule has 116 valence electrons. The average molecular weight is 339 g/mol. The summed E-state index contributed by atoms with van der Waals surface area (Å²) in [6.07, 6.45) is 0. The summed E-state index contributed by atoms with van der Waals surface area (Å²) >= 11 is 5.88. The van der Waals surface area contributed by atoms with Crippen molar-refractivity contribution in [2.24, 2.45) is 0 Å². The quantitative estimate of drug-likeness (QED) is 0.925. The van der Waals surface area contributed by atoms with Gasteiger partial charge in [-0.2, -0.15) is 0 Å². The molecule has 0 heterocycles. The molecule has 7 heteroatoms.